The standard InChI is InChI=1S/C20H23N3O5/c1-4-13(2)18(22-19(24)14-8-6-5-7-9-14)20(25)21-16-12-15(23(26)27)10-11-17(16)28-3/h5-13,18H,4H2,1-3H3,(H,21,25)(H,22,24)/t13-,18-/m0/s1. The van der Waals surface area contributed by atoms with Gasteiger partial charge in [0.1, 0.15) is 11.8 Å². The van der Waals surface area contributed by atoms with E-state index >= 15 is 0 Å². The van der Waals surface area contributed by atoms with Gasteiger partial charge in [0.2, 0.25) is 5.91 Å². The van der Waals surface area contributed by atoms with Crippen molar-refractivity contribution < 1.29 is 19.2 Å². The fraction of sp³-hybridized carbons (Fsp3) is 0.300. The molecule has 0 fully saturated rings. The van der Waals surface area contributed by atoms with Gasteiger partial charge in [-0.15, -0.1) is 0 Å². The molecule has 8 nitrogen and oxygen atoms in total. The number of carbonyl (C=O) groups is 2. The van der Waals surface area contributed by atoms with E-state index in [1.165, 1.54) is 25.3 Å². The number of nitro benzene ring substituents is 1. The Morgan fingerprint density at radius 2 is 1.86 bits per heavy atom. The molecule has 0 saturated carbocycles. The zero-order valence-corrected chi connectivity index (χ0v) is 16.0. The molecule has 2 rings (SSSR count). The average molecular weight is 385 g/mol. The van der Waals surface area contributed by atoms with E-state index in [1.54, 1.807) is 30.3 Å². The van der Waals surface area contributed by atoms with Crippen molar-refractivity contribution in [2.24, 2.45) is 5.92 Å². The van der Waals surface area contributed by atoms with Crippen LogP contribution in [0, 0.1) is 16.0 Å². The molecule has 0 saturated heterocycles. The maximum Gasteiger partial charge on any atom is 0.271 e. The summed E-state index contributed by atoms with van der Waals surface area (Å²) in [4.78, 5) is 35.8. The molecular formula is C20H23N3O5. The Morgan fingerprint density at radius 1 is 1.18 bits per heavy atom. The normalized spacial score (nSPS) is 12.5. The summed E-state index contributed by atoms with van der Waals surface area (Å²) in [7, 11) is 1.40. The number of ether oxygens (including phenoxy) is 1. The van der Waals surface area contributed by atoms with E-state index in [2.05, 4.69) is 10.6 Å². The molecular weight excluding hydrogens is 362 g/mol. The Hall–Kier alpha value is -3.42. The van der Waals surface area contributed by atoms with Crippen molar-refractivity contribution in [2.75, 3.05) is 12.4 Å². The summed E-state index contributed by atoms with van der Waals surface area (Å²) in [6, 6.07) is 11.7. The van der Waals surface area contributed by atoms with Gasteiger partial charge in [0, 0.05) is 17.7 Å². The molecule has 2 amide bonds. The SMILES string of the molecule is CC[C@H](C)[C@H](NC(=O)c1ccccc1)C(=O)Nc1cc([N+](=O)[O-])ccc1OC. The highest BCUT2D eigenvalue weighted by atomic mass is 16.6. The first-order valence-electron chi connectivity index (χ1n) is 8.86. The van der Waals surface area contributed by atoms with Crippen molar-refractivity contribution in [2.45, 2.75) is 26.3 Å². The monoisotopic (exact) mass is 385 g/mol. The van der Waals surface area contributed by atoms with Gasteiger partial charge in [-0.05, 0) is 24.1 Å². The number of rotatable bonds is 8. The fourth-order valence-electron chi connectivity index (χ4n) is 2.63. The highest BCUT2D eigenvalue weighted by Gasteiger charge is 2.27. The number of benzene rings is 2. The number of non-ortho nitro benzene ring substituents is 1. The van der Waals surface area contributed by atoms with E-state index in [4.69, 9.17) is 4.74 Å². The lowest BCUT2D eigenvalue weighted by Crippen LogP contribution is -2.47. The second-order valence-electron chi connectivity index (χ2n) is 6.33. The fourth-order valence-corrected chi connectivity index (χ4v) is 2.63. The molecule has 0 aliphatic rings. The molecule has 8 heteroatoms. The third-order valence-electron chi connectivity index (χ3n) is 4.47. The Morgan fingerprint density at radius 3 is 2.43 bits per heavy atom. The predicted molar refractivity (Wildman–Crippen MR) is 105 cm³/mol. The van der Waals surface area contributed by atoms with Crippen LogP contribution in [0.2, 0.25) is 0 Å². The summed E-state index contributed by atoms with van der Waals surface area (Å²) in [6.07, 6.45) is 0.652. The van der Waals surface area contributed by atoms with Crippen molar-refractivity contribution in [3.63, 3.8) is 0 Å². The molecule has 0 spiro atoms. The summed E-state index contributed by atoms with van der Waals surface area (Å²) in [5.41, 5.74) is 0.435. The van der Waals surface area contributed by atoms with Crippen molar-refractivity contribution in [1.29, 1.82) is 0 Å². The number of nitrogens with one attached hydrogen (secondary N) is 2. The zero-order valence-electron chi connectivity index (χ0n) is 16.0. The molecule has 28 heavy (non-hydrogen) atoms. The number of amides is 2. The second-order valence-corrected chi connectivity index (χ2v) is 6.33. The smallest absolute Gasteiger partial charge is 0.271 e. The van der Waals surface area contributed by atoms with E-state index in [9.17, 15) is 19.7 Å². The molecule has 0 aromatic heterocycles. The van der Waals surface area contributed by atoms with Gasteiger partial charge in [0.05, 0.1) is 17.7 Å². The number of nitro groups is 1. The third-order valence-corrected chi connectivity index (χ3v) is 4.47. The third kappa shape index (κ3) is 5.06. The van der Waals surface area contributed by atoms with Crippen LogP contribution < -0.4 is 15.4 Å². The minimum Gasteiger partial charge on any atom is -0.495 e. The van der Waals surface area contributed by atoms with Crippen molar-refractivity contribution in [1.82, 2.24) is 5.32 Å². The zero-order chi connectivity index (χ0) is 20.7. The molecule has 148 valence electrons. The Balaban J connectivity index is 2.25. The summed E-state index contributed by atoms with van der Waals surface area (Å²) >= 11 is 0. The van der Waals surface area contributed by atoms with Crippen LogP contribution in [-0.2, 0) is 4.79 Å². The maximum atomic E-state index is 12.9. The molecule has 2 aromatic carbocycles. The minimum absolute atomic E-state index is 0.155. The first-order chi connectivity index (χ1) is 13.4. The summed E-state index contributed by atoms with van der Waals surface area (Å²) in [5.74, 6) is -0.710. The highest BCUT2D eigenvalue weighted by Crippen LogP contribution is 2.29. The summed E-state index contributed by atoms with van der Waals surface area (Å²) in [6.45, 7) is 3.76. The Labute approximate surface area is 163 Å². The molecule has 0 unspecified atom stereocenters. The molecule has 0 aliphatic carbocycles. The van der Waals surface area contributed by atoms with Crippen LogP contribution >= 0.6 is 0 Å². The molecule has 0 heterocycles. The second kappa shape index (κ2) is 9.50. The van der Waals surface area contributed by atoms with E-state index in [1.807, 2.05) is 13.8 Å². The van der Waals surface area contributed by atoms with Crippen LogP contribution in [0.3, 0.4) is 0 Å². The Bertz CT molecular complexity index is 854. The van der Waals surface area contributed by atoms with Gasteiger partial charge < -0.3 is 15.4 Å². The predicted octanol–water partition coefficient (Wildman–Crippen LogP) is 3.39. The van der Waals surface area contributed by atoms with Gasteiger partial charge in [0.25, 0.3) is 11.6 Å². The number of carbonyl (C=O) groups excluding carboxylic acids is 2. The van der Waals surface area contributed by atoms with Gasteiger partial charge in [-0.1, -0.05) is 38.5 Å². The van der Waals surface area contributed by atoms with Crippen molar-refractivity contribution >= 4 is 23.2 Å². The van der Waals surface area contributed by atoms with Crippen LogP contribution in [0.4, 0.5) is 11.4 Å². The average Bonchev–Trinajstić information content (AvgIpc) is 2.71. The molecule has 2 atom stereocenters. The number of methoxy groups -OCH3 is 1. The van der Waals surface area contributed by atoms with Crippen LogP contribution in [0.5, 0.6) is 5.75 Å². The van der Waals surface area contributed by atoms with Crippen molar-refractivity contribution in [3.05, 3.63) is 64.2 Å². The first kappa shape index (κ1) is 20.9. The topological polar surface area (TPSA) is 111 Å². The molecule has 0 radical (unpaired) electrons. The molecule has 0 aliphatic heterocycles. The molecule has 2 N–H and O–H groups in total. The largest absolute Gasteiger partial charge is 0.495 e. The number of hydrogen-bond acceptors (Lipinski definition) is 5. The number of hydrogen-bond donors (Lipinski definition) is 2. The minimum atomic E-state index is -0.818. The van der Waals surface area contributed by atoms with Crippen LogP contribution in [0.1, 0.15) is 30.6 Å². The van der Waals surface area contributed by atoms with Gasteiger partial charge >= 0.3 is 0 Å². The lowest BCUT2D eigenvalue weighted by atomic mass is 9.97. The quantitative estimate of drug-likeness (QED) is 0.534. The van der Waals surface area contributed by atoms with E-state index in [-0.39, 0.29) is 28.9 Å². The van der Waals surface area contributed by atoms with Gasteiger partial charge in [-0.25, -0.2) is 0 Å². The number of nitrogens with zero attached hydrogens (tertiary/aromatic N) is 1. The lowest BCUT2D eigenvalue weighted by molar-refractivity contribution is -0.384. The van der Waals surface area contributed by atoms with Gasteiger partial charge in [-0.3, -0.25) is 19.7 Å². The van der Waals surface area contributed by atoms with Gasteiger partial charge in [0.15, 0.2) is 0 Å². The molecule has 2 aromatic rings. The van der Waals surface area contributed by atoms with Crippen molar-refractivity contribution in [3.8, 4) is 5.75 Å². The van der Waals surface area contributed by atoms with Crippen LogP contribution in [0.15, 0.2) is 48.5 Å². The Kier molecular flexibility index (Phi) is 7.08. The number of anilines is 1. The highest BCUT2D eigenvalue weighted by molar-refractivity contribution is 6.02. The maximum absolute atomic E-state index is 12.9. The molecule has 0 bridgehead atoms. The summed E-state index contributed by atoms with van der Waals surface area (Å²) < 4.78 is 5.17. The summed E-state index contributed by atoms with van der Waals surface area (Å²) in [5, 5.41) is 16.4. The van der Waals surface area contributed by atoms with E-state index in [0.717, 1.165) is 0 Å². The van der Waals surface area contributed by atoms with E-state index in [0.29, 0.717) is 12.0 Å². The first-order valence-corrected chi connectivity index (χ1v) is 8.86. The van der Waals surface area contributed by atoms with E-state index < -0.39 is 16.9 Å². The van der Waals surface area contributed by atoms with Gasteiger partial charge in [-0.2, -0.15) is 0 Å². The lowest BCUT2D eigenvalue weighted by Gasteiger charge is -2.24. The van der Waals surface area contributed by atoms with Crippen LogP contribution in [-0.4, -0.2) is 29.9 Å². The van der Waals surface area contributed by atoms with Crippen LogP contribution in [0.25, 0.3) is 0 Å².